The zero-order chi connectivity index (χ0) is 13.8. The normalized spacial score (nSPS) is 13.6. The number of benzene rings is 1. The summed E-state index contributed by atoms with van der Waals surface area (Å²) >= 11 is 5.91. The van der Waals surface area contributed by atoms with Crippen LogP contribution in [0.15, 0.2) is 23.1 Å². The van der Waals surface area contributed by atoms with Gasteiger partial charge in [-0.1, -0.05) is 17.7 Å². The molecule has 3 N–H and O–H groups in total. The molecular formula is C11H17ClN2O3S. The van der Waals surface area contributed by atoms with E-state index in [9.17, 15) is 8.42 Å². The van der Waals surface area contributed by atoms with E-state index in [-0.39, 0.29) is 29.1 Å². The van der Waals surface area contributed by atoms with Gasteiger partial charge >= 0.3 is 0 Å². The molecule has 1 atom stereocenters. The van der Waals surface area contributed by atoms with Gasteiger partial charge in [0.25, 0.3) is 0 Å². The van der Waals surface area contributed by atoms with Crippen molar-refractivity contribution in [2.45, 2.75) is 24.4 Å². The van der Waals surface area contributed by atoms with Crippen LogP contribution in [0.5, 0.6) is 0 Å². The Morgan fingerprint density at radius 3 is 2.72 bits per heavy atom. The largest absolute Gasteiger partial charge is 0.383 e. The van der Waals surface area contributed by atoms with Crippen LogP contribution in [0.1, 0.15) is 12.5 Å². The highest BCUT2D eigenvalue weighted by molar-refractivity contribution is 7.89. The van der Waals surface area contributed by atoms with Crippen molar-refractivity contribution in [2.75, 3.05) is 13.7 Å². The molecule has 7 heteroatoms. The second-order valence-corrected chi connectivity index (χ2v) is 6.04. The highest BCUT2D eigenvalue weighted by Crippen LogP contribution is 2.22. The first kappa shape index (κ1) is 15.4. The monoisotopic (exact) mass is 292 g/mol. The summed E-state index contributed by atoms with van der Waals surface area (Å²) in [6.45, 7) is 2.25. The van der Waals surface area contributed by atoms with Gasteiger partial charge in [-0.2, -0.15) is 0 Å². The van der Waals surface area contributed by atoms with Gasteiger partial charge in [0, 0.05) is 19.7 Å². The van der Waals surface area contributed by atoms with Gasteiger partial charge in [0.1, 0.15) is 4.90 Å². The van der Waals surface area contributed by atoms with Gasteiger partial charge in [-0.05, 0) is 24.6 Å². The van der Waals surface area contributed by atoms with E-state index in [0.29, 0.717) is 5.56 Å². The maximum Gasteiger partial charge on any atom is 0.242 e. The Hall–Kier alpha value is -0.660. The zero-order valence-electron chi connectivity index (χ0n) is 10.3. The first-order valence-corrected chi connectivity index (χ1v) is 7.26. The highest BCUT2D eigenvalue weighted by atomic mass is 35.5. The molecule has 0 aromatic heterocycles. The molecule has 0 heterocycles. The summed E-state index contributed by atoms with van der Waals surface area (Å²) in [4.78, 5) is 0.0371. The Kier molecular flexibility index (Phi) is 5.55. The minimum absolute atomic E-state index is 0.0371. The third kappa shape index (κ3) is 3.93. The summed E-state index contributed by atoms with van der Waals surface area (Å²) in [5.74, 6) is 0. The fraction of sp³-hybridized carbons (Fsp3) is 0.455. The summed E-state index contributed by atoms with van der Waals surface area (Å²) in [5.41, 5.74) is 6.19. The van der Waals surface area contributed by atoms with Crippen LogP contribution in [0.2, 0.25) is 5.02 Å². The van der Waals surface area contributed by atoms with E-state index in [1.54, 1.807) is 13.0 Å². The molecule has 0 fully saturated rings. The molecule has 0 bridgehead atoms. The van der Waals surface area contributed by atoms with Crippen LogP contribution >= 0.6 is 11.6 Å². The summed E-state index contributed by atoms with van der Waals surface area (Å²) in [7, 11) is -2.16. The first-order chi connectivity index (χ1) is 8.40. The Morgan fingerprint density at radius 1 is 1.50 bits per heavy atom. The first-order valence-electron chi connectivity index (χ1n) is 5.40. The molecule has 1 aromatic rings. The molecule has 1 aromatic carbocycles. The van der Waals surface area contributed by atoms with Crippen LogP contribution < -0.4 is 10.5 Å². The minimum atomic E-state index is -3.66. The second-order valence-electron chi connectivity index (χ2n) is 3.95. The Morgan fingerprint density at radius 2 is 2.17 bits per heavy atom. The molecular weight excluding hydrogens is 276 g/mol. The Bertz CT molecular complexity index is 505. The molecule has 5 nitrogen and oxygen atoms in total. The van der Waals surface area contributed by atoms with Crippen LogP contribution in [0.3, 0.4) is 0 Å². The standard InChI is InChI=1S/C11H17ClN2O3S/c1-8(7-17-2)14-18(15,16)11-5-9(6-13)3-4-10(11)12/h3-5,8,14H,6-7,13H2,1-2H3. The lowest BCUT2D eigenvalue weighted by Crippen LogP contribution is -2.35. The molecule has 0 saturated heterocycles. The predicted octanol–water partition coefficient (Wildman–Crippen LogP) is 1.11. The number of hydrogen-bond acceptors (Lipinski definition) is 4. The molecule has 0 amide bonds. The van der Waals surface area contributed by atoms with Gasteiger partial charge in [0.05, 0.1) is 11.6 Å². The maximum absolute atomic E-state index is 12.1. The van der Waals surface area contributed by atoms with Gasteiger partial charge in [0.15, 0.2) is 0 Å². The van der Waals surface area contributed by atoms with E-state index in [4.69, 9.17) is 22.1 Å². The van der Waals surface area contributed by atoms with Gasteiger partial charge in [-0.25, -0.2) is 13.1 Å². The van der Waals surface area contributed by atoms with Crippen molar-refractivity contribution < 1.29 is 13.2 Å². The van der Waals surface area contributed by atoms with E-state index in [1.165, 1.54) is 19.2 Å². The fourth-order valence-electron chi connectivity index (χ4n) is 1.49. The van der Waals surface area contributed by atoms with Crippen molar-refractivity contribution in [1.82, 2.24) is 4.72 Å². The summed E-state index contributed by atoms with van der Waals surface area (Å²) in [6.07, 6.45) is 0. The number of halogens is 1. The van der Waals surface area contributed by atoms with Gasteiger partial charge in [-0.3, -0.25) is 0 Å². The maximum atomic E-state index is 12.1. The lowest BCUT2D eigenvalue weighted by molar-refractivity contribution is 0.180. The summed E-state index contributed by atoms with van der Waals surface area (Å²) in [5, 5.41) is 0.171. The zero-order valence-corrected chi connectivity index (χ0v) is 11.9. The quantitative estimate of drug-likeness (QED) is 0.823. The van der Waals surface area contributed by atoms with Crippen molar-refractivity contribution in [3.05, 3.63) is 28.8 Å². The van der Waals surface area contributed by atoms with Crippen molar-refractivity contribution in [1.29, 1.82) is 0 Å². The number of hydrogen-bond donors (Lipinski definition) is 2. The molecule has 0 saturated carbocycles. The number of methoxy groups -OCH3 is 1. The average molecular weight is 293 g/mol. The second kappa shape index (κ2) is 6.49. The third-order valence-corrected chi connectivity index (χ3v) is 4.36. The van der Waals surface area contributed by atoms with Crippen molar-refractivity contribution in [3.8, 4) is 0 Å². The number of ether oxygens (including phenoxy) is 1. The number of nitrogens with two attached hydrogens (primary N) is 1. The molecule has 1 unspecified atom stereocenters. The van der Waals surface area contributed by atoms with Crippen molar-refractivity contribution in [3.63, 3.8) is 0 Å². The van der Waals surface area contributed by atoms with Crippen LogP contribution in [0.25, 0.3) is 0 Å². The minimum Gasteiger partial charge on any atom is -0.383 e. The number of sulfonamides is 1. The van der Waals surface area contributed by atoms with Crippen LogP contribution in [-0.4, -0.2) is 28.2 Å². The SMILES string of the molecule is COCC(C)NS(=O)(=O)c1cc(CN)ccc1Cl. The average Bonchev–Trinajstić information content (AvgIpc) is 2.29. The molecule has 0 radical (unpaired) electrons. The molecule has 0 aliphatic heterocycles. The van der Waals surface area contributed by atoms with Gasteiger partial charge < -0.3 is 10.5 Å². The molecule has 0 aliphatic rings. The summed E-state index contributed by atoms with van der Waals surface area (Å²) < 4.78 is 31.6. The molecule has 1 rings (SSSR count). The Balaban J connectivity index is 3.04. The Labute approximate surface area is 112 Å². The smallest absolute Gasteiger partial charge is 0.242 e. The topological polar surface area (TPSA) is 81.4 Å². The lowest BCUT2D eigenvalue weighted by atomic mass is 10.2. The van der Waals surface area contributed by atoms with E-state index in [2.05, 4.69) is 4.72 Å². The number of rotatable bonds is 6. The van der Waals surface area contributed by atoms with E-state index < -0.39 is 10.0 Å². The number of nitrogens with one attached hydrogen (secondary N) is 1. The molecule has 102 valence electrons. The van der Waals surface area contributed by atoms with Crippen molar-refractivity contribution in [2.24, 2.45) is 5.73 Å². The van der Waals surface area contributed by atoms with Crippen LogP contribution in [0, 0.1) is 0 Å². The summed E-state index contributed by atoms with van der Waals surface area (Å²) in [6, 6.07) is 4.36. The van der Waals surface area contributed by atoms with Crippen LogP contribution in [-0.2, 0) is 21.3 Å². The van der Waals surface area contributed by atoms with Gasteiger partial charge in [0.2, 0.25) is 10.0 Å². The molecule has 0 aliphatic carbocycles. The third-order valence-electron chi connectivity index (χ3n) is 2.29. The predicted molar refractivity (Wildman–Crippen MR) is 71.0 cm³/mol. The van der Waals surface area contributed by atoms with Gasteiger partial charge in [-0.15, -0.1) is 0 Å². The van der Waals surface area contributed by atoms with E-state index in [0.717, 1.165) is 0 Å². The molecule has 18 heavy (non-hydrogen) atoms. The molecule has 0 spiro atoms. The van der Waals surface area contributed by atoms with Crippen molar-refractivity contribution >= 4 is 21.6 Å². The van der Waals surface area contributed by atoms with E-state index >= 15 is 0 Å². The highest BCUT2D eigenvalue weighted by Gasteiger charge is 2.20. The van der Waals surface area contributed by atoms with E-state index in [1.807, 2.05) is 0 Å². The lowest BCUT2D eigenvalue weighted by Gasteiger charge is -2.14. The fourth-order valence-corrected chi connectivity index (χ4v) is 3.27. The van der Waals surface area contributed by atoms with Crippen LogP contribution in [0.4, 0.5) is 0 Å².